The molecular weight excluding hydrogens is 261 g/mol. The molecule has 20 heavy (non-hydrogen) atoms. The number of alkyl halides is 1. The molecular formula is C14H18FN3O2. The van der Waals surface area contributed by atoms with Gasteiger partial charge in [0.2, 0.25) is 0 Å². The first-order valence-electron chi connectivity index (χ1n) is 6.37. The van der Waals surface area contributed by atoms with Crippen molar-refractivity contribution in [1.82, 2.24) is 15.1 Å². The second-order valence-corrected chi connectivity index (χ2v) is 4.41. The lowest BCUT2D eigenvalue weighted by molar-refractivity contribution is 0.373. The van der Waals surface area contributed by atoms with E-state index >= 15 is 0 Å². The van der Waals surface area contributed by atoms with E-state index in [-0.39, 0.29) is 12.3 Å². The maximum absolute atomic E-state index is 12.2. The minimum absolute atomic E-state index is 0.128. The first-order chi connectivity index (χ1) is 9.72. The van der Waals surface area contributed by atoms with Gasteiger partial charge >= 0.3 is 0 Å². The minimum atomic E-state index is -0.415. The van der Waals surface area contributed by atoms with Crippen molar-refractivity contribution in [3.63, 3.8) is 0 Å². The normalized spacial score (nSPS) is 10.7. The number of nitrogens with zero attached hydrogens (tertiary/aromatic N) is 2. The Kier molecular flexibility index (Phi) is 4.95. The number of nitrogens with one attached hydrogen (secondary N) is 1. The highest BCUT2D eigenvalue weighted by Gasteiger charge is 2.03. The van der Waals surface area contributed by atoms with E-state index in [1.807, 2.05) is 12.3 Å². The summed E-state index contributed by atoms with van der Waals surface area (Å²) in [6, 6.07) is 5.22. The summed E-state index contributed by atoms with van der Waals surface area (Å²) in [5, 5.41) is 16.8. The maximum atomic E-state index is 12.2. The van der Waals surface area contributed by atoms with Gasteiger partial charge in [-0.05, 0) is 17.7 Å². The molecule has 0 saturated carbocycles. The number of aryl methyl sites for hydroxylation is 1. The first-order valence-corrected chi connectivity index (χ1v) is 6.37. The van der Waals surface area contributed by atoms with Gasteiger partial charge in [0.15, 0.2) is 11.5 Å². The van der Waals surface area contributed by atoms with Crippen molar-refractivity contribution in [2.24, 2.45) is 0 Å². The summed E-state index contributed by atoms with van der Waals surface area (Å²) in [4.78, 5) is 0. The number of aromatic hydroxyl groups is 1. The van der Waals surface area contributed by atoms with Gasteiger partial charge in [0, 0.05) is 24.8 Å². The Morgan fingerprint density at radius 1 is 1.35 bits per heavy atom. The number of rotatable bonds is 7. The zero-order chi connectivity index (χ0) is 14.4. The molecule has 0 amide bonds. The van der Waals surface area contributed by atoms with Crippen molar-refractivity contribution in [3.8, 4) is 11.5 Å². The van der Waals surface area contributed by atoms with Crippen LogP contribution in [0, 0.1) is 0 Å². The van der Waals surface area contributed by atoms with Crippen molar-refractivity contribution in [3.05, 3.63) is 41.7 Å². The van der Waals surface area contributed by atoms with E-state index in [0.717, 1.165) is 11.1 Å². The topological polar surface area (TPSA) is 59.3 Å². The summed E-state index contributed by atoms with van der Waals surface area (Å²) in [6.45, 7) is 1.16. The fraction of sp³-hybridized carbons (Fsp3) is 0.357. The van der Waals surface area contributed by atoms with Crippen molar-refractivity contribution < 1.29 is 14.2 Å². The lowest BCUT2D eigenvalue weighted by Crippen LogP contribution is -2.12. The highest BCUT2D eigenvalue weighted by atomic mass is 19.1. The minimum Gasteiger partial charge on any atom is -0.504 e. The maximum Gasteiger partial charge on any atom is 0.160 e. The molecule has 2 N–H and O–H groups in total. The molecule has 0 bridgehead atoms. The number of benzene rings is 1. The smallest absolute Gasteiger partial charge is 0.160 e. The second kappa shape index (κ2) is 6.91. The molecule has 1 aromatic carbocycles. The lowest BCUT2D eigenvalue weighted by Gasteiger charge is -2.07. The molecule has 0 atom stereocenters. The summed E-state index contributed by atoms with van der Waals surface area (Å²) in [7, 11) is 1.52. The Bertz CT molecular complexity index is 557. The molecule has 0 fully saturated rings. The standard InChI is InChI=1S/C14H18FN3O2/c1-20-14-6-11(2-3-13(14)19)7-16-8-12-9-17-18(10-12)5-4-15/h2-3,6,9-10,16,19H,4-5,7-8H2,1H3. The van der Waals surface area contributed by atoms with Crippen LogP contribution in [0.1, 0.15) is 11.1 Å². The van der Waals surface area contributed by atoms with Gasteiger partial charge in [-0.3, -0.25) is 4.68 Å². The third kappa shape index (κ3) is 3.71. The molecule has 2 aromatic rings. The van der Waals surface area contributed by atoms with Crippen molar-refractivity contribution >= 4 is 0 Å². The van der Waals surface area contributed by atoms with Crippen molar-refractivity contribution in [1.29, 1.82) is 0 Å². The van der Waals surface area contributed by atoms with Gasteiger partial charge in [-0.1, -0.05) is 6.07 Å². The van der Waals surface area contributed by atoms with Gasteiger partial charge in [0.25, 0.3) is 0 Å². The van der Waals surface area contributed by atoms with Gasteiger partial charge in [0.1, 0.15) is 6.67 Å². The number of aromatic nitrogens is 2. The van der Waals surface area contributed by atoms with Crippen LogP contribution in [0.2, 0.25) is 0 Å². The highest BCUT2D eigenvalue weighted by molar-refractivity contribution is 5.41. The molecule has 6 heteroatoms. The average Bonchev–Trinajstić information content (AvgIpc) is 2.89. The molecule has 0 aliphatic heterocycles. The van der Waals surface area contributed by atoms with Gasteiger partial charge in [-0.2, -0.15) is 5.10 Å². The second-order valence-electron chi connectivity index (χ2n) is 4.41. The zero-order valence-electron chi connectivity index (χ0n) is 11.3. The van der Waals surface area contributed by atoms with Gasteiger partial charge in [0.05, 0.1) is 19.9 Å². The van der Waals surface area contributed by atoms with Crippen LogP contribution >= 0.6 is 0 Å². The van der Waals surface area contributed by atoms with Gasteiger partial charge in [-0.25, -0.2) is 4.39 Å². The average molecular weight is 279 g/mol. The van der Waals surface area contributed by atoms with Crippen LogP contribution < -0.4 is 10.1 Å². The van der Waals surface area contributed by atoms with E-state index in [9.17, 15) is 9.50 Å². The summed E-state index contributed by atoms with van der Waals surface area (Å²) in [6.07, 6.45) is 3.55. The Labute approximate surface area is 117 Å². The van der Waals surface area contributed by atoms with Crippen LogP contribution in [0.15, 0.2) is 30.6 Å². The van der Waals surface area contributed by atoms with E-state index in [1.165, 1.54) is 7.11 Å². The molecule has 1 heterocycles. The third-order valence-electron chi connectivity index (χ3n) is 2.90. The van der Waals surface area contributed by atoms with Crippen LogP contribution in [-0.2, 0) is 19.6 Å². The quantitative estimate of drug-likeness (QED) is 0.812. The van der Waals surface area contributed by atoms with E-state index < -0.39 is 6.67 Å². The molecule has 2 rings (SSSR count). The largest absolute Gasteiger partial charge is 0.504 e. The number of phenols is 1. The SMILES string of the molecule is COc1cc(CNCc2cnn(CCF)c2)ccc1O. The number of halogens is 1. The predicted octanol–water partition coefficient (Wildman–Crippen LogP) is 1.86. The summed E-state index contributed by atoms with van der Waals surface area (Å²) < 4.78 is 18.8. The van der Waals surface area contributed by atoms with E-state index in [2.05, 4.69) is 10.4 Å². The third-order valence-corrected chi connectivity index (χ3v) is 2.90. The predicted molar refractivity (Wildman–Crippen MR) is 73.4 cm³/mol. The zero-order valence-corrected chi connectivity index (χ0v) is 11.3. The van der Waals surface area contributed by atoms with E-state index in [1.54, 1.807) is 23.0 Å². The molecule has 0 unspecified atom stereocenters. The molecule has 0 aliphatic rings. The Morgan fingerprint density at radius 3 is 2.90 bits per heavy atom. The Morgan fingerprint density at radius 2 is 2.15 bits per heavy atom. The van der Waals surface area contributed by atoms with Gasteiger partial charge < -0.3 is 15.2 Å². The monoisotopic (exact) mass is 279 g/mol. The number of hydrogen-bond acceptors (Lipinski definition) is 4. The van der Waals surface area contributed by atoms with E-state index in [4.69, 9.17) is 4.74 Å². The Hall–Kier alpha value is -2.08. The summed E-state index contributed by atoms with van der Waals surface area (Å²) in [5.74, 6) is 0.587. The fourth-order valence-electron chi connectivity index (χ4n) is 1.89. The molecule has 0 radical (unpaired) electrons. The first kappa shape index (κ1) is 14.3. The molecule has 0 aliphatic carbocycles. The van der Waals surface area contributed by atoms with Crippen LogP contribution in [0.4, 0.5) is 4.39 Å². The molecule has 5 nitrogen and oxygen atoms in total. The number of phenolic OH excluding ortho intramolecular Hbond substituents is 1. The number of methoxy groups -OCH3 is 1. The molecule has 0 spiro atoms. The summed E-state index contributed by atoms with van der Waals surface area (Å²) in [5.41, 5.74) is 2.01. The Balaban J connectivity index is 1.85. The van der Waals surface area contributed by atoms with Crippen LogP contribution in [0.25, 0.3) is 0 Å². The van der Waals surface area contributed by atoms with Crippen molar-refractivity contribution in [2.45, 2.75) is 19.6 Å². The van der Waals surface area contributed by atoms with E-state index in [0.29, 0.717) is 18.8 Å². The van der Waals surface area contributed by atoms with Gasteiger partial charge in [-0.15, -0.1) is 0 Å². The van der Waals surface area contributed by atoms with Crippen molar-refractivity contribution in [2.75, 3.05) is 13.8 Å². The summed E-state index contributed by atoms with van der Waals surface area (Å²) >= 11 is 0. The fourth-order valence-corrected chi connectivity index (χ4v) is 1.89. The molecule has 1 aromatic heterocycles. The number of hydrogen-bond donors (Lipinski definition) is 2. The molecule has 0 saturated heterocycles. The number of ether oxygens (including phenoxy) is 1. The molecule has 108 valence electrons. The van der Waals surface area contributed by atoms with Crippen LogP contribution in [-0.4, -0.2) is 28.7 Å². The van der Waals surface area contributed by atoms with Crippen LogP contribution in [0.3, 0.4) is 0 Å². The highest BCUT2D eigenvalue weighted by Crippen LogP contribution is 2.26. The lowest BCUT2D eigenvalue weighted by atomic mass is 10.2. The van der Waals surface area contributed by atoms with Crippen LogP contribution in [0.5, 0.6) is 11.5 Å².